The Bertz CT molecular complexity index is 552. The summed E-state index contributed by atoms with van der Waals surface area (Å²) in [4.78, 5) is 4.58. The second-order valence-electron chi connectivity index (χ2n) is 5.55. The molecule has 108 valence electrons. The van der Waals surface area contributed by atoms with Gasteiger partial charge < -0.3 is 10.1 Å². The lowest BCUT2D eigenvalue weighted by Gasteiger charge is -2.11. The lowest BCUT2D eigenvalue weighted by atomic mass is 10.1. The van der Waals surface area contributed by atoms with E-state index in [1.54, 1.807) is 0 Å². The second-order valence-corrected chi connectivity index (χ2v) is 5.55. The van der Waals surface area contributed by atoms with Crippen molar-refractivity contribution in [3.63, 3.8) is 0 Å². The molecule has 2 aromatic rings. The molecule has 0 aliphatic carbocycles. The van der Waals surface area contributed by atoms with E-state index in [1.165, 1.54) is 17.4 Å². The highest BCUT2D eigenvalue weighted by Crippen LogP contribution is 2.22. The Morgan fingerprint density at radius 1 is 1.25 bits per heavy atom. The maximum absolute atomic E-state index is 5.81. The molecule has 0 unspecified atom stereocenters. The van der Waals surface area contributed by atoms with Gasteiger partial charge >= 0.3 is 0 Å². The first kappa shape index (κ1) is 14.8. The van der Waals surface area contributed by atoms with Crippen molar-refractivity contribution in [1.29, 1.82) is 0 Å². The molecule has 0 saturated heterocycles. The van der Waals surface area contributed by atoms with Gasteiger partial charge in [0.2, 0.25) is 5.88 Å². The first-order chi connectivity index (χ1) is 9.70. The van der Waals surface area contributed by atoms with Crippen molar-refractivity contribution in [2.75, 3.05) is 13.7 Å². The number of benzene rings is 1. The molecule has 0 bridgehead atoms. The zero-order valence-corrected chi connectivity index (χ0v) is 12.6. The maximum Gasteiger partial charge on any atom is 0.214 e. The molecular formula is C17H24N2O. The highest BCUT2D eigenvalue weighted by molar-refractivity contribution is 5.82. The van der Waals surface area contributed by atoms with Crippen LogP contribution in [0.15, 0.2) is 30.3 Å². The van der Waals surface area contributed by atoms with Gasteiger partial charge in [-0.1, -0.05) is 32.0 Å². The summed E-state index contributed by atoms with van der Waals surface area (Å²) in [5.74, 6) is 1.46. The van der Waals surface area contributed by atoms with Crippen LogP contribution in [-0.4, -0.2) is 18.6 Å². The maximum atomic E-state index is 5.81. The largest absolute Gasteiger partial charge is 0.478 e. The van der Waals surface area contributed by atoms with Crippen LogP contribution in [0.25, 0.3) is 10.9 Å². The van der Waals surface area contributed by atoms with Gasteiger partial charge in [0, 0.05) is 18.0 Å². The molecule has 0 radical (unpaired) electrons. The SMILES string of the molecule is CNCc1cc(OCCCC(C)C)nc2ccccc12. The van der Waals surface area contributed by atoms with Gasteiger partial charge in [0.15, 0.2) is 0 Å². The molecule has 1 aromatic heterocycles. The number of ether oxygens (including phenoxy) is 1. The molecular weight excluding hydrogens is 248 g/mol. The summed E-state index contributed by atoms with van der Waals surface area (Å²) in [6.45, 7) is 6.03. The minimum atomic E-state index is 0.725. The minimum Gasteiger partial charge on any atom is -0.478 e. The average molecular weight is 272 g/mol. The number of aromatic nitrogens is 1. The van der Waals surface area contributed by atoms with Crippen LogP contribution in [0, 0.1) is 5.92 Å². The normalized spacial score (nSPS) is 11.2. The van der Waals surface area contributed by atoms with Gasteiger partial charge in [-0.3, -0.25) is 0 Å². The van der Waals surface area contributed by atoms with Crippen LogP contribution in [0.1, 0.15) is 32.3 Å². The molecule has 20 heavy (non-hydrogen) atoms. The standard InChI is InChI=1S/C17H24N2O/c1-13(2)7-6-10-20-17-11-14(12-18-3)15-8-4-5-9-16(15)19-17/h4-5,8-9,11,13,18H,6-7,10,12H2,1-3H3. The zero-order chi connectivity index (χ0) is 14.4. The Balaban J connectivity index is 2.13. The highest BCUT2D eigenvalue weighted by Gasteiger charge is 2.06. The smallest absolute Gasteiger partial charge is 0.214 e. The van der Waals surface area contributed by atoms with Crippen LogP contribution in [0.3, 0.4) is 0 Å². The van der Waals surface area contributed by atoms with Crippen LogP contribution < -0.4 is 10.1 Å². The van der Waals surface area contributed by atoms with Crippen LogP contribution in [0.5, 0.6) is 5.88 Å². The Kier molecular flexibility index (Phi) is 5.36. The van der Waals surface area contributed by atoms with E-state index in [4.69, 9.17) is 4.74 Å². The first-order valence-electron chi connectivity index (χ1n) is 7.36. The number of fused-ring (bicyclic) bond motifs is 1. The molecule has 1 aromatic carbocycles. The molecule has 0 atom stereocenters. The van der Waals surface area contributed by atoms with Crippen molar-refractivity contribution in [3.05, 3.63) is 35.9 Å². The molecule has 1 N–H and O–H groups in total. The Labute approximate surface area is 121 Å². The van der Waals surface area contributed by atoms with E-state index in [1.807, 2.05) is 31.3 Å². The first-order valence-corrected chi connectivity index (χ1v) is 7.36. The van der Waals surface area contributed by atoms with Gasteiger partial charge in [-0.15, -0.1) is 0 Å². The summed E-state index contributed by atoms with van der Waals surface area (Å²) >= 11 is 0. The van der Waals surface area contributed by atoms with Gasteiger partial charge in [0.25, 0.3) is 0 Å². The third-order valence-corrected chi connectivity index (χ3v) is 3.32. The van der Waals surface area contributed by atoms with Gasteiger partial charge in [-0.2, -0.15) is 0 Å². The monoisotopic (exact) mass is 272 g/mol. The highest BCUT2D eigenvalue weighted by atomic mass is 16.5. The van der Waals surface area contributed by atoms with E-state index in [-0.39, 0.29) is 0 Å². The van der Waals surface area contributed by atoms with Crippen molar-refractivity contribution in [3.8, 4) is 5.88 Å². The van der Waals surface area contributed by atoms with E-state index in [0.29, 0.717) is 0 Å². The van der Waals surface area contributed by atoms with Crippen LogP contribution >= 0.6 is 0 Å². The fraction of sp³-hybridized carbons (Fsp3) is 0.471. The molecule has 0 spiro atoms. The molecule has 3 heteroatoms. The summed E-state index contributed by atoms with van der Waals surface area (Å²) in [5.41, 5.74) is 2.23. The van der Waals surface area contributed by atoms with Crippen molar-refractivity contribution in [1.82, 2.24) is 10.3 Å². The molecule has 0 saturated carbocycles. The number of nitrogens with one attached hydrogen (secondary N) is 1. The minimum absolute atomic E-state index is 0.725. The van der Waals surface area contributed by atoms with Crippen LogP contribution in [0.2, 0.25) is 0 Å². The summed E-state index contributed by atoms with van der Waals surface area (Å²) in [6.07, 6.45) is 2.27. The zero-order valence-electron chi connectivity index (χ0n) is 12.6. The van der Waals surface area contributed by atoms with Gasteiger partial charge in [0.1, 0.15) is 0 Å². The molecule has 2 rings (SSSR count). The van der Waals surface area contributed by atoms with Gasteiger partial charge in [0.05, 0.1) is 12.1 Å². The fourth-order valence-electron chi connectivity index (χ4n) is 2.30. The second kappa shape index (κ2) is 7.25. The molecule has 0 amide bonds. The summed E-state index contributed by atoms with van der Waals surface area (Å²) in [7, 11) is 1.96. The number of nitrogens with zero attached hydrogens (tertiary/aromatic N) is 1. The quantitative estimate of drug-likeness (QED) is 0.779. The van der Waals surface area contributed by atoms with Gasteiger partial charge in [-0.25, -0.2) is 4.98 Å². The topological polar surface area (TPSA) is 34.1 Å². The molecule has 3 nitrogen and oxygen atoms in total. The lowest BCUT2D eigenvalue weighted by molar-refractivity contribution is 0.288. The van der Waals surface area contributed by atoms with E-state index < -0.39 is 0 Å². The number of hydrogen-bond donors (Lipinski definition) is 1. The van der Waals surface area contributed by atoms with Crippen molar-refractivity contribution < 1.29 is 4.74 Å². The number of hydrogen-bond acceptors (Lipinski definition) is 3. The van der Waals surface area contributed by atoms with E-state index in [9.17, 15) is 0 Å². The number of para-hydroxylation sites is 1. The van der Waals surface area contributed by atoms with E-state index in [2.05, 4.69) is 30.2 Å². The van der Waals surface area contributed by atoms with Gasteiger partial charge in [-0.05, 0) is 37.4 Å². The molecule has 0 fully saturated rings. The Hall–Kier alpha value is -1.61. The molecule has 0 aliphatic heterocycles. The van der Waals surface area contributed by atoms with Crippen molar-refractivity contribution >= 4 is 10.9 Å². The predicted molar refractivity (Wildman–Crippen MR) is 84.1 cm³/mol. The van der Waals surface area contributed by atoms with E-state index >= 15 is 0 Å². The van der Waals surface area contributed by atoms with Crippen molar-refractivity contribution in [2.24, 2.45) is 5.92 Å². The lowest BCUT2D eigenvalue weighted by Crippen LogP contribution is -2.07. The Morgan fingerprint density at radius 3 is 2.80 bits per heavy atom. The van der Waals surface area contributed by atoms with Crippen LogP contribution in [-0.2, 0) is 6.54 Å². The Morgan fingerprint density at radius 2 is 2.05 bits per heavy atom. The molecule has 1 heterocycles. The third kappa shape index (κ3) is 3.94. The van der Waals surface area contributed by atoms with Crippen LogP contribution in [0.4, 0.5) is 0 Å². The van der Waals surface area contributed by atoms with Crippen molar-refractivity contribution in [2.45, 2.75) is 33.2 Å². The van der Waals surface area contributed by atoms with E-state index in [0.717, 1.165) is 36.9 Å². The third-order valence-electron chi connectivity index (χ3n) is 3.32. The molecule has 0 aliphatic rings. The summed E-state index contributed by atoms with van der Waals surface area (Å²) in [6, 6.07) is 10.3. The number of rotatable bonds is 7. The predicted octanol–water partition coefficient (Wildman–Crippen LogP) is 3.77. The fourth-order valence-corrected chi connectivity index (χ4v) is 2.30. The summed E-state index contributed by atoms with van der Waals surface area (Å²) in [5, 5.41) is 4.39. The number of pyridine rings is 1. The average Bonchev–Trinajstić information content (AvgIpc) is 2.44. The summed E-state index contributed by atoms with van der Waals surface area (Å²) < 4.78 is 5.81.